The largest absolute Gasteiger partial charge is 0.489 e. The van der Waals surface area contributed by atoms with Crippen LogP contribution in [0.1, 0.15) is 55.3 Å². The minimum absolute atomic E-state index is 0.00947. The number of halogens is 1. The van der Waals surface area contributed by atoms with Crippen molar-refractivity contribution in [2.45, 2.75) is 62.1 Å². The Balaban J connectivity index is 1.55. The first-order chi connectivity index (χ1) is 21.5. The van der Waals surface area contributed by atoms with Crippen molar-refractivity contribution >= 4 is 29.3 Å². The molecule has 0 radical (unpaired) electrons. The topological polar surface area (TPSA) is 112 Å². The minimum Gasteiger partial charge on any atom is -0.489 e. The van der Waals surface area contributed by atoms with E-state index in [1.54, 1.807) is 25.3 Å². The predicted octanol–water partition coefficient (Wildman–Crippen LogP) is 4.57. The van der Waals surface area contributed by atoms with Crippen molar-refractivity contribution < 1.29 is 29.3 Å². The van der Waals surface area contributed by atoms with Crippen LogP contribution in [-0.4, -0.2) is 78.5 Å². The lowest BCUT2D eigenvalue weighted by Gasteiger charge is -2.45. The second kappa shape index (κ2) is 13.5. The third kappa shape index (κ3) is 6.48. The predicted molar refractivity (Wildman–Crippen MR) is 173 cm³/mol. The minimum atomic E-state index is -2.31. The van der Waals surface area contributed by atoms with Crippen molar-refractivity contribution in [1.82, 2.24) is 9.88 Å². The zero-order valence-corrected chi connectivity index (χ0v) is 27.0. The van der Waals surface area contributed by atoms with E-state index in [0.29, 0.717) is 49.3 Å². The van der Waals surface area contributed by atoms with Crippen LogP contribution in [0.2, 0.25) is 5.02 Å². The van der Waals surface area contributed by atoms with Gasteiger partial charge in [-0.25, -0.2) is 9.78 Å². The standard InChI is InChI=1S/C35H44ClN3O6/c1-5-7-17-38(3)31(41)19-35(43,33(42)44-4)30-15-14-29-32(37-30)39(20-24-10-12-26(24)28(40)6-2)21-34(22-45-29)16-8-9-23-18-25(36)11-13-27(23)34/h5-6,11,13-15,18,24,26,28,40,43H,1-2,7-10,12,16-17,19-22H2,3-4H3/t24-,26+,28-,34?,35?/m0/s1. The Morgan fingerprint density at radius 1 is 1.31 bits per heavy atom. The van der Waals surface area contributed by atoms with Gasteiger partial charge in [0, 0.05) is 37.1 Å². The monoisotopic (exact) mass is 637 g/mol. The second-order valence-corrected chi connectivity index (χ2v) is 13.2. The van der Waals surface area contributed by atoms with E-state index in [1.807, 2.05) is 12.1 Å². The zero-order chi connectivity index (χ0) is 32.4. The number of pyridine rings is 1. The summed E-state index contributed by atoms with van der Waals surface area (Å²) in [5.74, 6) is -0.134. The Morgan fingerprint density at radius 2 is 2.11 bits per heavy atom. The maximum atomic E-state index is 13.1. The molecular formula is C35H44ClN3O6. The van der Waals surface area contributed by atoms with Gasteiger partial charge in [0.05, 0.1) is 31.9 Å². The van der Waals surface area contributed by atoms with Crippen LogP contribution in [0.25, 0.3) is 0 Å². The van der Waals surface area contributed by atoms with E-state index in [9.17, 15) is 19.8 Å². The quantitative estimate of drug-likeness (QED) is 0.272. The molecule has 2 aliphatic carbocycles. The Morgan fingerprint density at radius 3 is 2.80 bits per heavy atom. The van der Waals surface area contributed by atoms with Gasteiger partial charge in [0.2, 0.25) is 11.5 Å². The van der Waals surface area contributed by atoms with E-state index in [1.165, 1.54) is 29.2 Å². The summed E-state index contributed by atoms with van der Waals surface area (Å²) in [6.07, 6.45) is 7.38. The van der Waals surface area contributed by atoms with Crippen LogP contribution in [0.3, 0.4) is 0 Å². The number of hydrogen-bond acceptors (Lipinski definition) is 8. The van der Waals surface area contributed by atoms with E-state index in [-0.39, 0.29) is 22.9 Å². The smallest absolute Gasteiger partial charge is 0.344 e. The number of benzene rings is 1. The molecule has 1 saturated carbocycles. The molecule has 45 heavy (non-hydrogen) atoms. The van der Waals surface area contributed by atoms with Crippen LogP contribution < -0.4 is 9.64 Å². The van der Waals surface area contributed by atoms with Gasteiger partial charge < -0.3 is 29.5 Å². The number of aliphatic hydroxyl groups excluding tert-OH is 1. The highest BCUT2D eigenvalue weighted by Gasteiger charge is 2.47. The molecule has 0 saturated heterocycles. The number of nitrogens with zero attached hydrogens (tertiary/aromatic N) is 3. The molecule has 1 fully saturated rings. The highest BCUT2D eigenvalue weighted by atomic mass is 35.5. The lowest BCUT2D eigenvalue weighted by Crippen LogP contribution is -2.49. The van der Waals surface area contributed by atoms with Gasteiger partial charge in [-0.05, 0) is 85.8 Å². The number of hydrogen-bond donors (Lipinski definition) is 2. The van der Waals surface area contributed by atoms with Crippen molar-refractivity contribution in [2.24, 2.45) is 11.8 Å². The molecule has 1 aliphatic heterocycles. The fourth-order valence-electron chi connectivity index (χ4n) is 7.14. The molecule has 1 amide bonds. The van der Waals surface area contributed by atoms with Gasteiger partial charge in [0.1, 0.15) is 0 Å². The second-order valence-electron chi connectivity index (χ2n) is 12.8. The number of ether oxygens (including phenoxy) is 2. The van der Waals surface area contributed by atoms with Crippen LogP contribution in [0.4, 0.5) is 5.82 Å². The Hall–Kier alpha value is -3.40. The van der Waals surface area contributed by atoms with Crippen LogP contribution in [0.5, 0.6) is 5.75 Å². The fraction of sp³-hybridized carbons (Fsp3) is 0.514. The van der Waals surface area contributed by atoms with Crippen molar-refractivity contribution in [1.29, 1.82) is 0 Å². The van der Waals surface area contributed by atoms with Gasteiger partial charge in [0.15, 0.2) is 11.6 Å². The molecule has 0 bridgehead atoms. The average molecular weight is 638 g/mol. The van der Waals surface area contributed by atoms with E-state index >= 15 is 0 Å². The molecule has 3 aliphatic rings. The molecule has 10 heteroatoms. The maximum absolute atomic E-state index is 13.1. The average Bonchev–Trinajstić information content (AvgIpc) is 3.17. The molecule has 9 nitrogen and oxygen atoms in total. The summed E-state index contributed by atoms with van der Waals surface area (Å²) in [4.78, 5) is 34.8. The SMILES string of the molecule is C=CCCN(C)C(=O)CC(O)(C(=O)OC)c1ccc2c(n1)N(C[C@@H]1CC[C@H]1[C@@H](O)C=C)CC1(CCCc3cc(Cl)ccc31)CO2. The van der Waals surface area contributed by atoms with Gasteiger partial charge >= 0.3 is 5.97 Å². The number of carbonyl (C=O) groups excluding carboxylic acids is 2. The van der Waals surface area contributed by atoms with E-state index < -0.39 is 30.0 Å². The number of aliphatic hydroxyl groups is 2. The lowest BCUT2D eigenvalue weighted by atomic mass is 9.68. The van der Waals surface area contributed by atoms with Gasteiger partial charge in [-0.15, -0.1) is 13.2 Å². The number of amides is 1. The molecular weight excluding hydrogens is 594 g/mol. The first-order valence-electron chi connectivity index (χ1n) is 15.7. The molecule has 2 unspecified atom stereocenters. The lowest BCUT2D eigenvalue weighted by molar-refractivity contribution is -0.168. The number of rotatable bonds is 11. The van der Waals surface area contributed by atoms with Crippen LogP contribution >= 0.6 is 11.6 Å². The number of aryl methyl sites for hydroxylation is 1. The molecule has 1 spiro atoms. The first kappa shape index (κ1) is 33.0. The summed E-state index contributed by atoms with van der Waals surface area (Å²) >= 11 is 6.39. The molecule has 2 heterocycles. The summed E-state index contributed by atoms with van der Waals surface area (Å²) in [7, 11) is 2.79. The molecule has 2 N–H and O–H groups in total. The van der Waals surface area contributed by atoms with Crippen LogP contribution in [0, 0.1) is 11.8 Å². The normalized spacial score (nSPS) is 24.1. The van der Waals surface area contributed by atoms with Gasteiger partial charge in [-0.2, -0.15) is 0 Å². The van der Waals surface area contributed by atoms with Crippen molar-refractivity contribution in [2.75, 3.05) is 45.3 Å². The summed E-state index contributed by atoms with van der Waals surface area (Å²) in [6, 6.07) is 9.31. The summed E-state index contributed by atoms with van der Waals surface area (Å²) in [5.41, 5.74) is -0.246. The highest BCUT2D eigenvalue weighted by Crippen LogP contribution is 2.46. The number of methoxy groups -OCH3 is 1. The molecule has 5 rings (SSSR count). The summed E-state index contributed by atoms with van der Waals surface area (Å²) in [5, 5.41) is 23.2. The van der Waals surface area contributed by atoms with Gasteiger partial charge in [0.25, 0.3) is 0 Å². The number of esters is 1. The molecule has 1 aromatic carbocycles. The highest BCUT2D eigenvalue weighted by molar-refractivity contribution is 6.30. The van der Waals surface area contributed by atoms with Gasteiger partial charge in [-0.1, -0.05) is 29.8 Å². The van der Waals surface area contributed by atoms with E-state index in [4.69, 9.17) is 26.1 Å². The van der Waals surface area contributed by atoms with E-state index in [0.717, 1.165) is 32.1 Å². The first-order valence-corrected chi connectivity index (χ1v) is 16.1. The van der Waals surface area contributed by atoms with Crippen molar-refractivity contribution in [3.8, 4) is 5.75 Å². The molecule has 1 aromatic heterocycles. The van der Waals surface area contributed by atoms with Crippen molar-refractivity contribution in [3.63, 3.8) is 0 Å². The summed E-state index contributed by atoms with van der Waals surface area (Å²) < 4.78 is 11.5. The zero-order valence-electron chi connectivity index (χ0n) is 26.2. The van der Waals surface area contributed by atoms with Gasteiger partial charge in [-0.3, -0.25) is 4.79 Å². The van der Waals surface area contributed by atoms with Crippen LogP contribution in [0.15, 0.2) is 55.6 Å². The maximum Gasteiger partial charge on any atom is 0.344 e. The van der Waals surface area contributed by atoms with Crippen LogP contribution in [-0.2, 0) is 31.8 Å². The Kier molecular flexibility index (Phi) is 9.91. The third-order valence-corrected chi connectivity index (χ3v) is 10.2. The Labute approximate surface area is 270 Å². The fourth-order valence-corrected chi connectivity index (χ4v) is 7.33. The molecule has 2 aromatic rings. The number of anilines is 1. The number of fused-ring (bicyclic) bond motifs is 3. The third-order valence-electron chi connectivity index (χ3n) is 9.94. The Bertz CT molecular complexity index is 1450. The molecule has 242 valence electrons. The van der Waals surface area contributed by atoms with E-state index in [2.05, 4.69) is 24.1 Å². The number of aromatic nitrogens is 1. The molecule has 5 atom stereocenters. The number of carbonyl (C=O) groups is 2. The summed E-state index contributed by atoms with van der Waals surface area (Å²) in [6.45, 7) is 9.48. The van der Waals surface area contributed by atoms with Crippen molar-refractivity contribution in [3.05, 3.63) is 77.5 Å².